The molecule has 138 valence electrons. The third kappa shape index (κ3) is 4.66. The van der Waals surface area contributed by atoms with E-state index in [9.17, 15) is 4.79 Å². The maximum Gasteiger partial charge on any atom is 0.253 e. The molecule has 0 aromatic heterocycles. The summed E-state index contributed by atoms with van der Waals surface area (Å²) in [6.07, 6.45) is 4.24. The highest BCUT2D eigenvalue weighted by Gasteiger charge is 2.23. The summed E-state index contributed by atoms with van der Waals surface area (Å²) >= 11 is 0. The lowest BCUT2D eigenvalue weighted by Crippen LogP contribution is -2.38. The molecule has 0 saturated carbocycles. The van der Waals surface area contributed by atoms with Crippen molar-refractivity contribution >= 4 is 5.91 Å². The monoisotopic (exact) mass is 351 g/mol. The van der Waals surface area contributed by atoms with Crippen LogP contribution in [-0.2, 0) is 12.8 Å². The van der Waals surface area contributed by atoms with Crippen LogP contribution in [0, 0.1) is 5.92 Å². The summed E-state index contributed by atoms with van der Waals surface area (Å²) in [5, 5.41) is 0. The van der Waals surface area contributed by atoms with Gasteiger partial charge in [-0.25, -0.2) is 0 Å². The zero-order chi connectivity index (χ0) is 18.4. The van der Waals surface area contributed by atoms with Crippen molar-refractivity contribution in [1.82, 2.24) is 4.90 Å². The van der Waals surface area contributed by atoms with Gasteiger partial charge in [0.2, 0.25) is 0 Å². The molecule has 26 heavy (non-hydrogen) atoms. The minimum atomic E-state index is 0.173. The van der Waals surface area contributed by atoms with Gasteiger partial charge in [-0.15, -0.1) is 0 Å². The fourth-order valence-corrected chi connectivity index (χ4v) is 3.63. The maximum absolute atomic E-state index is 12.7. The molecule has 1 fully saturated rings. The highest BCUT2D eigenvalue weighted by Crippen LogP contribution is 2.24. The van der Waals surface area contributed by atoms with Crippen molar-refractivity contribution in [3.8, 4) is 5.75 Å². The number of carbonyl (C=O) groups excluding carboxylic acids is 1. The first-order valence-electron chi connectivity index (χ1n) is 9.79. The van der Waals surface area contributed by atoms with Gasteiger partial charge in [0.05, 0.1) is 6.61 Å². The molecule has 0 N–H and O–H groups in total. The van der Waals surface area contributed by atoms with E-state index in [1.54, 1.807) is 0 Å². The zero-order valence-corrected chi connectivity index (χ0v) is 15.9. The van der Waals surface area contributed by atoms with Gasteiger partial charge in [-0.05, 0) is 73.9 Å². The number of aryl methyl sites for hydroxylation is 1. The molecule has 0 bridgehead atoms. The Kier molecular flexibility index (Phi) is 6.32. The van der Waals surface area contributed by atoms with Crippen LogP contribution in [0.3, 0.4) is 0 Å². The maximum atomic E-state index is 12.7. The molecule has 3 heteroatoms. The molecular weight excluding hydrogens is 322 g/mol. The summed E-state index contributed by atoms with van der Waals surface area (Å²) in [5.41, 5.74) is 3.44. The second-order valence-electron chi connectivity index (χ2n) is 7.07. The number of amides is 1. The number of likely N-dealkylation sites (tertiary alicyclic amines) is 1. The number of benzene rings is 2. The molecule has 3 nitrogen and oxygen atoms in total. The van der Waals surface area contributed by atoms with Crippen LogP contribution in [0.1, 0.15) is 48.2 Å². The van der Waals surface area contributed by atoms with Gasteiger partial charge in [0.25, 0.3) is 5.91 Å². The molecule has 2 aromatic carbocycles. The highest BCUT2D eigenvalue weighted by atomic mass is 16.5. The molecule has 0 aliphatic carbocycles. The second-order valence-corrected chi connectivity index (χ2v) is 7.07. The van der Waals surface area contributed by atoms with Crippen molar-refractivity contribution in [3.05, 3.63) is 65.2 Å². The fourth-order valence-electron chi connectivity index (χ4n) is 3.63. The Hall–Kier alpha value is -2.29. The molecule has 1 amide bonds. The predicted octanol–water partition coefficient (Wildman–Crippen LogP) is 4.74. The van der Waals surface area contributed by atoms with Crippen LogP contribution in [0.15, 0.2) is 48.5 Å². The van der Waals surface area contributed by atoms with Gasteiger partial charge in [0, 0.05) is 18.7 Å². The largest absolute Gasteiger partial charge is 0.494 e. The van der Waals surface area contributed by atoms with E-state index >= 15 is 0 Å². The van der Waals surface area contributed by atoms with E-state index in [0.29, 0.717) is 12.5 Å². The normalized spacial score (nSPS) is 15.1. The van der Waals surface area contributed by atoms with Crippen molar-refractivity contribution in [2.45, 2.75) is 39.5 Å². The van der Waals surface area contributed by atoms with Gasteiger partial charge in [-0.1, -0.05) is 31.2 Å². The topological polar surface area (TPSA) is 29.5 Å². The van der Waals surface area contributed by atoms with Crippen molar-refractivity contribution in [2.24, 2.45) is 5.92 Å². The van der Waals surface area contributed by atoms with Crippen LogP contribution >= 0.6 is 0 Å². The number of ether oxygens (including phenoxy) is 1. The Balaban J connectivity index is 1.50. The first kappa shape index (κ1) is 18.5. The first-order valence-corrected chi connectivity index (χ1v) is 9.79. The average Bonchev–Trinajstić information content (AvgIpc) is 2.70. The second kappa shape index (κ2) is 8.88. The third-order valence-electron chi connectivity index (χ3n) is 5.27. The lowest BCUT2D eigenvalue weighted by atomic mass is 9.90. The first-order chi connectivity index (χ1) is 12.7. The van der Waals surface area contributed by atoms with Crippen molar-refractivity contribution < 1.29 is 9.53 Å². The Bertz CT molecular complexity index is 698. The number of rotatable bonds is 6. The number of nitrogens with zero attached hydrogens (tertiary/aromatic N) is 1. The molecule has 1 aliphatic rings. The van der Waals surface area contributed by atoms with Crippen molar-refractivity contribution in [3.63, 3.8) is 0 Å². The highest BCUT2D eigenvalue weighted by molar-refractivity contribution is 5.94. The van der Waals surface area contributed by atoms with Crippen LogP contribution in [0.5, 0.6) is 5.75 Å². The molecule has 0 atom stereocenters. The van der Waals surface area contributed by atoms with Crippen LogP contribution < -0.4 is 4.74 Å². The van der Waals surface area contributed by atoms with Crippen LogP contribution in [0.4, 0.5) is 0 Å². The van der Waals surface area contributed by atoms with Crippen LogP contribution in [0.25, 0.3) is 0 Å². The molecule has 1 saturated heterocycles. The summed E-state index contributed by atoms with van der Waals surface area (Å²) in [7, 11) is 0. The number of carbonyl (C=O) groups is 1. The van der Waals surface area contributed by atoms with Crippen molar-refractivity contribution in [2.75, 3.05) is 19.7 Å². The minimum Gasteiger partial charge on any atom is -0.494 e. The summed E-state index contributed by atoms with van der Waals surface area (Å²) in [6, 6.07) is 16.5. The molecule has 2 aromatic rings. The average molecular weight is 351 g/mol. The van der Waals surface area contributed by atoms with E-state index in [1.165, 1.54) is 11.1 Å². The number of hydrogen-bond donors (Lipinski definition) is 0. The van der Waals surface area contributed by atoms with E-state index in [4.69, 9.17) is 4.74 Å². The van der Waals surface area contributed by atoms with E-state index < -0.39 is 0 Å². The summed E-state index contributed by atoms with van der Waals surface area (Å²) in [5.74, 6) is 1.76. The minimum absolute atomic E-state index is 0.173. The molecule has 0 unspecified atom stereocenters. The molecular formula is C23H29NO2. The standard InChI is InChI=1S/C23H29NO2/c1-3-18-5-9-21(10-6-18)23(25)24-15-13-20(14-16-24)17-19-7-11-22(12-8-19)26-4-2/h5-12,20H,3-4,13-17H2,1-2H3. The lowest BCUT2D eigenvalue weighted by Gasteiger charge is -2.32. The molecule has 0 spiro atoms. The van der Waals surface area contributed by atoms with E-state index in [2.05, 4.69) is 43.3 Å². The van der Waals surface area contributed by atoms with E-state index in [0.717, 1.165) is 50.1 Å². The Labute approximate surface area is 157 Å². The number of piperidine rings is 1. The molecule has 0 radical (unpaired) electrons. The molecule has 3 rings (SSSR count). The van der Waals surface area contributed by atoms with Gasteiger partial charge < -0.3 is 9.64 Å². The van der Waals surface area contributed by atoms with Gasteiger partial charge in [0.1, 0.15) is 5.75 Å². The van der Waals surface area contributed by atoms with E-state index in [-0.39, 0.29) is 5.91 Å². The smallest absolute Gasteiger partial charge is 0.253 e. The Morgan fingerprint density at radius 1 is 0.962 bits per heavy atom. The van der Waals surface area contributed by atoms with Crippen LogP contribution in [-0.4, -0.2) is 30.5 Å². The molecule has 1 heterocycles. The van der Waals surface area contributed by atoms with Gasteiger partial charge in [0.15, 0.2) is 0 Å². The zero-order valence-electron chi connectivity index (χ0n) is 15.9. The van der Waals surface area contributed by atoms with Crippen LogP contribution in [0.2, 0.25) is 0 Å². The SMILES string of the molecule is CCOc1ccc(CC2CCN(C(=O)c3ccc(CC)cc3)CC2)cc1. The summed E-state index contributed by atoms with van der Waals surface area (Å²) in [4.78, 5) is 14.7. The Morgan fingerprint density at radius 2 is 1.58 bits per heavy atom. The summed E-state index contributed by atoms with van der Waals surface area (Å²) < 4.78 is 5.50. The lowest BCUT2D eigenvalue weighted by molar-refractivity contribution is 0.0690. The van der Waals surface area contributed by atoms with Gasteiger partial charge in [-0.2, -0.15) is 0 Å². The fraction of sp³-hybridized carbons (Fsp3) is 0.435. The summed E-state index contributed by atoms with van der Waals surface area (Å²) in [6.45, 7) is 6.55. The third-order valence-corrected chi connectivity index (χ3v) is 5.27. The molecule has 1 aliphatic heterocycles. The van der Waals surface area contributed by atoms with Crippen molar-refractivity contribution in [1.29, 1.82) is 0 Å². The van der Waals surface area contributed by atoms with Gasteiger partial charge in [-0.3, -0.25) is 4.79 Å². The predicted molar refractivity (Wildman–Crippen MR) is 106 cm³/mol. The Morgan fingerprint density at radius 3 is 2.15 bits per heavy atom. The van der Waals surface area contributed by atoms with Gasteiger partial charge >= 0.3 is 0 Å². The van der Waals surface area contributed by atoms with E-state index in [1.807, 2.05) is 24.0 Å². The quantitative estimate of drug-likeness (QED) is 0.752. The number of hydrogen-bond acceptors (Lipinski definition) is 2.